The molecule has 0 atom stereocenters. The molecule has 0 bridgehead atoms. The molecule has 3 rings (SSSR count). The van der Waals surface area contributed by atoms with Crippen LogP contribution in [0.1, 0.15) is 42.4 Å². The molecule has 2 aliphatic carbocycles. The van der Waals surface area contributed by atoms with E-state index < -0.39 is 0 Å². The van der Waals surface area contributed by atoms with Crippen molar-refractivity contribution in [3.05, 3.63) is 34.9 Å². The Balaban J connectivity index is 2.06. The Hall–Kier alpha value is -0.820. The summed E-state index contributed by atoms with van der Waals surface area (Å²) in [6.45, 7) is 4.37. The van der Waals surface area contributed by atoms with Crippen molar-refractivity contribution in [3.8, 4) is 0 Å². The van der Waals surface area contributed by atoms with Gasteiger partial charge < -0.3 is 5.73 Å². The third-order valence-electron chi connectivity index (χ3n) is 4.27. The van der Waals surface area contributed by atoms with Gasteiger partial charge in [-0.05, 0) is 45.1 Å². The van der Waals surface area contributed by atoms with Crippen LogP contribution in [0.5, 0.6) is 0 Å². The summed E-state index contributed by atoms with van der Waals surface area (Å²) in [5.74, 6) is 0. The van der Waals surface area contributed by atoms with E-state index in [4.69, 9.17) is 5.73 Å². The van der Waals surface area contributed by atoms with Gasteiger partial charge in [0.1, 0.15) is 0 Å². The van der Waals surface area contributed by atoms with E-state index >= 15 is 0 Å². The Morgan fingerprint density at radius 1 is 0.933 bits per heavy atom. The molecule has 2 N–H and O–H groups in total. The first-order chi connectivity index (χ1) is 7.06. The quantitative estimate of drug-likeness (QED) is 0.782. The number of hydrogen-bond donors (Lipinski definition) is 1. The summed E-state index contributed by atoms with van der Waals surface area (Å²) in [5, 5.41) is 0. The van der Waals surface area contributed by atoms with E-state index in [2.05, 4.69) is 32.0 Å². The van der Waals surface area contributed by atoms with Crippen molar-refractivity contribution in [1.29, 1.82) is 0 Å². The summed E-state index contributed by atoms with van der Waals surface area (Å²) in [6.07, 6.45) is 5.04. The molecule has 0 heterocycles. The van der Waals surface area contributed by atoms with Crippen LogP contribution in [0.15, 0.2) is 18.2 Å². The Bertz CT molecular complexity index is 391. The Morgan fingerprint density at radius 3 is 1.87 bits per heavy atom. The van der Waals surface area contributed by atoms with E-state index in [1.807, 2.05) is 0 Å². The molecule has 15 heavy (non-hydrogen) atoms. The SMILES string of the molecule is Cc1cc(C)cc(C2(C3(N)CC3)CC2)c1. The zero-order valence-corrected chi connectivity index (χ0v) is 9.64. The minimum Gasteiger partial charge on any atom is -0.324 e. The summed E-state index contributed by atoms with van der Waals surface area (Å²) >= 11 is 0. The maximum absolute atomic E-state index is 6.42. The Morgan fingerprint density at radius 2 is 1.47 bits per heavy atom. The van der Waals surface area contributed by atoms with Gasteiger partial charge in [0.15, 0.2) is 0 Å². The minimum atomic E-state index is 0.146. The van der Waals surface area contributed by atoms with Crippen LogP contribution in [0.2, 0.25) is 0 Å². The van der Waals surface area contributed by atoms with Gasteiger partial charge >= 0.3 is 0 Å². The summed E-state index contributed by atoms with van der Waals surface area (Å²) in [5.41, 5.74) is 11.2. The monoisotopic (exact) mass is 201 g/mol. The van der Waals surface area contributed by atoms with Crippen molar-refractivity contribution in [2.45, 2.75) is 50.5 Å². The van der Waals surface area contributed by atoms with Crippen LogP contribution in [-0.4, -0.2) is 5.54 Å². The summed E-state index contributed by atoms with van der Waals surface area (Å²) in [4.78, 5) is 0. The molecular formula is C14H19N. The molecule has 0 aromatic heterocycles. The summed E-state index contributed by atoms with van der Waals surface area (Å²) in [6, 6.07) is 6.93. The molecule has 2 fully saturated rings. The predicted molar refractivity (Wildman–Crippen MR) is 63.0 cm³/mol. The lowest BCUT2D eigenvalue weighted by molar-refractivity contribution is 0.503. The first kappa shape index (κ1) is 9.41. The van der Waals surface area contributed by atoms with Crippen molar-refractivity contribution in [2.24, 2.45) is 5.73 Å². The average Bonchev–Trinajstić information content (AvgIpc) is 2.96. The third kappa shape index (κ3) is 1.26. The molecule has 2 saturated carbocycles. The molecule has 0 unspecified atom stereocenters. The van der Waals surface area contributed by atoms with Crippen LogP contribution < -0.4 is 5.73 Å². The fourth-order valence-electron chi connectivity index (χ4n) is 3.06. The van der Waals surface area contributed by atoms with Crippen LogP contribution in [0.25, 0.3) is 0 Å². The van der Waals surface area contributed by atoms with Crippen molar-refractivity contribution in [3.63, 3.8) is 0 Å². The summed E-state index contributed by atoms with van der Waals surface area (Å²) < 4.78 is 0. The molecule has 1 aromatic carbocycles. The standard InChI is InChI=1S/C14H19N/c1-10-7-11(2)9-12(8-10)13(3-4-13)14(15)5-6-14/h7-9H,3-6,15H2,1-2H3. The van der Waals surface area contributed by atoms with Gasteiger partial charge in [0, 0.05) is 11.0 Å². The number of rotatable bonds is 2. The van der Waals surface area contributed by atoms with Crippen LogP contribution in [0.3, 0.4) is 0 Å². The molecule has 0 aliphatic heterocycles. The van der Waals surface area contributed by atoms with Gasteiger partial charge in [-0.3, -0.25) is 0 Å². The van der Waals surface area contributed by atoms with E-state index in [0.29, 0.717) is 5.41 Å². The molecule has 80 valence electrons. The lowest BCUT2D eigenvalue weighted by Crippen LogP contribution is -2.37. The third-order valence-corrected chi connectivity index (χ3v) is 4.27. The number of benzene rings is 1. The highest BCUT2D eigenvalue weighted by molar-refractivity contribution is 5.43. The van der Waals surface area contributed by atoms with E-state index in [1.165, 1.54) is 42.4 Å². The normalized spacial score (nSPS) is 25.0. The molecule has 0 spiro atoms. The molecule has 0 amide bonds. The fourth-order valence-corrected chi connectivity index (χ4v) is 3.06. The van der Waals surface area contributed by atoms with Crippen LogP contribution in [0, 0.1) is 13.8 Å². The maximum Gasteiger partial charge on any atom is 0.0253 e. The average molecular weight is 201 g/mol. The van der Waals surface area contributed by atoms with Crippen molar-refractivity contribution in [1.82, 2.24) is 0 Å². The Labute approximate surface area is 91.7 Å². The van der Waals surface area contributed by atoms with Crippen LogP contribution >= 0.6 is 0 Å². The van der Waals surface area contributed by atoms with E-state index in [9.17, 15) is 0 Å². The minimum absolute atomic E-state index is 0.146. The molecule has 2 aliphatic rings. The van der Waals surface area contributed by atoms with E-state index in [0.717, 1.165) is 0 Å². The molecule has 1 nitrogen and oxygen atoms in total. The second-order valence-electron chi connectivity index (χ2n) is 5.61. The fraction of sp³-hybridized carbons (Fsp3) is 0.571. The topological polar surface area (TPSA) is 26.0 Å². The van der Waals surface area contributed by atoms with Crippen LogP contribution in [-0.2, 0) is 5.41 Å². The first-order valence-corrected chi connectivity index (χ1v) is 5.93. The highest BCUT2D eigenvalue weighted by Gasteiger charge is 2.63. The highest BCUT2D eigenvalue weighted by atomic mass is 14.9. The van der Waals surface area contributed by atoms with Gasteiger partial charge in [0.2, 0.25) is 0 Å². The molecule has 1 aromatic rings. The van der Waals surface area contributed by atoms with E-state index in [-0.39, 0.29) is 5.54 Å². The number of aryl methyl sites for hydroxylation is 2. The molecule has 1 heteroatoms. The highest BCUT2D eigenvalue weighted by Crippen LogP contribution is 2.63. The van der Waals surface area contributed by atoms with Gasteiger partial charge in [-0.1, -0.05) is 29.3 Å². The van der Waals surface area contributed by atoms with Crippen molar-refractivity contribution >= 4 is 0 Å². The second kappa shape index (κ2) is 2.65. The van der Waals surface area contributed by atoms with Crippen LogP contribution in [0.4, 0.5) is 0 Å². The lowest BCUT2D eigenvalue weighted by atomic mass is 9.85. The van der Waals surface area contributed by atoms with Gasteiger partial charge in [0.25, 0.3) is 0 Å². The van der Waals surface area contributed by atoms with Gasteiger partial charge in [0.05, 0.1) is 0 Å². The zero-order chi connectivity index (χ0) is 10.7. The molecule has 0 radical (unpaired) electrons. The summed E-state index contributed by atoms with van der Waals surface area (Å²) in [7, 11) is 0. The smallest absolute Gasteiger partial charge is 0.0253 e. The van der Waals surface area contributed by atoms with Gasteiger partial charge in [-0.15, -0.1) is 0 Å². The van der Waals surface area contributed by atoms with E-state index in [1.54, 1.807) is 0 Å². The first-order valence-electron chi connectivity index (χ1n) is 5.93. The molecular weight excluding hydrogens is 182 g/mol. The van der Waals surface area contributed by atoms with Gasteiger partial charge in [-0.2, -0.15) is 0 Å². The van der Waals surface area contributed by atoms with Gasteiger partial charge in [-0.25, -0.2) is 0 Å². The van der Waals surface area contributed by atoms with Crippen molar-refractivity contribution in [2.75, 3.05) is 0 Å². The Kier molecular flexibility index (Phi) is 1.66. The predicted octanol–water partition coefficient (Wildman–Crippen LogP) is 2.83. The van der Waals surface area contributed by atoms with Crippen molar-refractivity contribution < 1.29 is 0 Å². The lowest BCUT2D eigenvalue weighted by Gasteiger charge is -2.24. The zero-order valence-electron chi connectivity index (χ0n) is 9.64. The largest absolute Gasteiger partial charge is 0.324 e. The second-order valence-corrected chi connectivity index (χ2v) is 5.61. The number of hydrogen-bond acceptors (Lipinski definition) is 1. The maximum atomic E-state index is 6.42. The number of nitrogens with two attached hydrogens (primary N) is 1. The molecule has 0 saturated heterocycles.